The molecule has 0 saturated heterocycles. The second-order valence-corrected chi connectivity index (χ2v) is 8.21. The lowest BCUT2D eigenvalue weighted by Crippen LogP contribution is -2.26. The molecule has 31 heavy (non-hydrogen) atoms. The standard InChI is InChI=1S/C21H37O9P/c1-2-14-19(30-24)15-12-10-8-6-4-3-5-7-9-11-13-16-21(23)29-20(17-22)18-28-31(25,26)27/h2,4,6,10,12,14,19-20,22,24H,3,5,7-9,11,13,15-18H2,1H3,(H2,25,26,27)/b6-4-,12-10-,14-2+. The first-order chi connectivity index (χ1) is 14.8. The second-order valence-electron chi connectivity index (χ2n) is 6.97. The molecule has 0 aliphatic rings. The summed E-state index contributed by atoms with van der Waals surface area (Å²) in [5.74, 6) is -0.521. The lowest BCUT2D eigenvalue weighted by Gasteiger charge is -2.15. The van der Waals surface area contributed by atoms with Gasteiger partial charge in [-0.15, -0.1) is 0 Å². The van der Waals surface area contributed by atoms with Gasteiger partial charge in [0.05, 0.1) is 13.2 Å². The van der Waals surface area contributed by atoms with Crippen LogP contribution in [-0.2, 0) is 23.5 Å². The molecule has 0 bridgehead atoms. The van der Waals surface area contributed by atoms with Crippen molar-refractivity contribution in [3.8, 4) is 0 Å². The van der Waals surface area contributed by atoms with Gasteiger partial charge in [0.25, 0.3) is 0 Å². The maximum atomic E-state index is 11.7. The van der Waals surface area contributed by atoms with E-state index in [0.717, 1.165) is 38.5 Å². The van der Waals surface area contributed by atoms with Crippen molar-refractivity contribution in [2.45, 2.75) is 76.9 Å². The number of carbonyl (C=O) groups is 1. The van der Waals surface area contributed by atoms with E-state index in [1.54, 1.807) is 6.08 Å². The number of unbranched alkanes of at least 4 members (excludes halogenated alkanes) is 5. The highest BCUT2D eigenvalue weighted by atomic mass is 31.2. The molecule has 0 fully saturated rings. The van der Waals surface area contributed by atoms with Crippen molar-refractivity contribution in [3.05, 3.63) is 36.5 Å². The number of esters is 1. The van der Waals surface area contributed by atoms with Crippen LogP contribution < -0.4 is 0 Å². The van der Waals surface area contributed by atoms with E-state index in [9.17, 15) is 9.36 Å². The van der Waals surface area contributed by atoms with Crippen LogP contribution in [0.5, 0.6) is 0 Å². The van der Waals surface area contributed by atoms with Gasteiger partial charge in [-0.3, -0.25) is 14.6 Å². The number of carbonyl (C=O) groups excluding carboxylic acids is 1. The van der Waals surface area contributed by atoms with E-state index in [-0.39, 0.29) is 12.5 Å². The first kappa shape index (κ1) is 29.7. The number of aliphatic hydroxyl groups excluding tert-OH is 1. The lowest BCUT2D eigenvalue weighted by atomic mass is 10.1. The van der Waals surface area contributed by atoms with Crippen molar-refractivity contribution in [2.75, 3.05) is 13.2 Å². The van der Waals surface area contributed by atoms with Gasteiger partial charge < -0.3 is 19.6 Å². The molecule has 9 nitrogen and oxygen atoms in total. The minimum atomic E-state index is -4.66. The summed E-state index contributed by atoms with van der Waals surface area (Å²) in [5, 5.41) is 17.8. The van der Waals surface area contributed by atoms with Crippen LogP contribution in [0.15, 0.2) is 36.5 Å². The van der Waals surface area contributed by atoms with E-state index in [1.807, 2.05) is 25.2 Å². The first-order valence-electron chi connectivity index (χ1n) is 10.6. The van der Waals surface area contributed by atoms with Gasteiger partial charge in [0, 0.05) is 6.42 Å². The van der Waals surface area contributed by atoms with Crippen molar-refractivity contribution in [3.63, 3.8) is 0 Å². The molecule has 10 heteroatoms. The zero-order valence-corrected chi connectivity index (χ0v) is 19.1. The van der Waals surface area contributed by atoms with E-state index < -0.39 is 33.1 Å². The van der Waals surface area contributed by atoms with Gasteiger partial charge in [0.15, 0.2) is 0 Å². The zero-order chi connectivity index (χ0) is 23.4. The molecule has 0 aromatic heterocycles. The van der Waals surface area contributed by atoms with Crippen LogP contribution in [0.2, 0.25) is 0 Å². The smallest absolute Gasteiger partial charge is 0.457 e. The van der Waals surface area contributed by atoms with Gasteiger partial charge in [-0.2, -0.15) is 0 Å². The molecule has 0 aromatic rings. The third kappa shape index (κ3) is 20.3. The monoisotopic (exact) mass is 464 g/mol. The Morgan fingerprint density at radius 2 is 1.71 bits per heavy atom. The van der Waals surface area contributed by atoms with Gasteiger partial charge in [0.1, 0.15) is 12.2 Å². The Labute approximate surface area is 184 Å². The van der Waals surface area contributed by atoms with E-state index in [1.165, 1.54) is 0 Å². The molecule has 4 N–H and O–H groups in total. The Morgan fingerprint density at radius 3 is 2.35 bits per heavy atom. The molecule has 2 unspecified atom stereocenters. The lowest BCUT2D eigenvalue weighted by molar-refractivity contribution is -0.264. The minimum absolute atomic E-state index is 0.189. The first-order valence-corrected chi connectivity index (χ1v) is 12.1. The van der Waals surface area contributed by atoms with Crippen molar-refractivity contribution < 1.29 is 43.7 Å². The summed E-state index contributed by atoms with van der Waals surface area (Å²) < 4.78 is 19.8. The van der Waals surface area contributed by atoms with Crippen molar-refractivity contribution in [2.24, 2.45) is 0 Å². The number of rotatable bonds is 19. The third-order valence-corrected chi connectivity index (χ3v) is 4.68. The molecule has 2 atom stereocenters. The molecule has 0 aromatic carbocycles. The minimum Gasteiger partial charge on any atom is -0.457 e. The van der Waals surface area contributed by atoms with Gasteiger partial charge in [-0.05, 0) is 39.0 Å². The Morgan fingerprint density at radius 1 is 1.03 bits per heavy atom. The summed E-state index contributed by atoms with van der Waals surface area (Å²) in [4.78, 5) is 33.2. The molecule has 0 rings (SSSR count). The third-order valence-electron chi connectivity index (χ3n) is 4.20. The molecule has 0 aliphatic carbocycles. The van der Waals surface area contributed by atoms with Crippen LogP contribution in [0.1, 0.15) is 64.7 Å². The fourth-order valence-corrected chi connectivity index (χ4v) is 2.96. The molecule has 0 spiro atoms. The number of ether oxygens (including phenoxy) is 1. The molecular weight excluding hydrogens is 427 g/mol. The number of hydrogen-bond acceptors (Lipinski definition) is 7. The molecule has 0 aliphatic heterocycles. The SMILES string of the molecule is C/C=C/C(C/C=C\C/C=C\CCCCCCCC(=O)OC(CO)COP(=O)(O)O)OO. The maximum absolute atomic E-state index is 11.7. The summed E-state index contributed by atoms with van der Waals surface area (Å²) in [5.41, 5.74) is 0. The Hall–Kier alpha value is -1.32. The van der Waals surface area contributed by atoms with E-state index in [4.69, 9.17) is 24.9 Å². The summed E-state index contributed by atoms with van der Waals surface area (Å²) in [6.07, 6.45) is 17.8. The van der Waals surface area contributed by atoms with Gasteiger partial charge in [-0.25, -0.2) is 9.45 Å². The van der Waals surface area contributed by atoms with Crippen molar-refractivity contribution >= 4 is 13.8 Å². The van der Waals surface area contributed by atoms with E-state index >= 15 is 0 Å². The van der Waals surface area contributed by atoms with Crippen LogP contribution in [0.25, 0.3) is 0 Å². The Kier molecular flexibility index (Phi) is 18.5. The highest BCUT2D eigenvalue weighted by Crippen LogP contribution is 2.35. The topological polar surface area (TPSA) is 143 Å². The number of phosphoric acid groups is 1. The molecular formula is C21H37O9P. The predicted octanol–water partition coefficient (Wildman–Crippen LogP) is 4.06. The number of aliphatic hydroxyl groups is 1. The average molecular weight is 464 g/mol. The average Bonchev–Trinajstić information content (AvgIpc) is 2.72. The molecule has 0 heterocycles. The van der Waals surface area contributed by atoms with Crippen molar-refractivity contribution in [1.82, 2.24) is 0 Å². The van der Waals surface area contributed by atoms with Gasteiger partial charge in [-0.1, -0.05) is 55.7 Å². The molecule has 180 valence electrons. The molecule has 0 amide bonds. The molecule has 0 saturated carbocycles. The quantitative estimate of drug-likeness (QED) is 0.0556. The van der Waals surface area contributed by atoms with Gasteiger partial charge in [0.2, 0.25) is 0 Å². The second kappa shape index (κ2) is 19.4. The van der Waals surface area contributed by atoms with Crippen LogP contribution >= 0.6 is 7.82 Å². The van der Waals surface area contributed by atoms with Crippen molar-refractivity contribution in [1.29, 1.82) is 0 Å². The van der Waals surface area contributed by atoms with Gasteiger partial charge >= 0.3 is 13.8 Å². The zero-order valence-electron chi connectivity index (χ0n) is 18.2. The fraction of sp³-hybridized carbons (Fsp3) is 0.667. The van der Waals surface area contributed by atoms with E-state index in [2.05, 4.69) is 21.6 Å². The maximum Gasteiger partial charge on any atom is 0.469 e. The number of phosphoric ester groups is 1. The number of allylic oxidation sites excluding steroid dienone is 4. The summed E-state index contributed by atoms with van der Waals surface area (Å²) >= 11 is 0. The Bertz CT molecular complexity index is 583. The summed E-state index contributed by atoms with van der Waals surface area (Å²) in [6, 6.07) is 0. The normalized spacial score (nSPS) is 14.6. The van der Waals surface area contributed by atoms with E-state index in [0.29, 0.717) is 12.8 Å². The highest BCUT2D eigenvalue weighted by Gasteiger charge is 2.20. The molecule has 0 radical (unpaired) electrons. The van der Waals surface area contributed by atoms with Crippen LogP contribution in [0.3, 0.4) is 0 Å². The van der Waals surface area contributed by atoms with Crippen LogP contribution in [0, 0.1) is 0 Å². The number of hydrogen-bond donors (Lipinski definition) is 4. The highest BCUT2D eigenvalue weighted by molar-refractivity contribution is 7.46. The van der Waals surface area contributed by atoms with Crippen LogP contribution in [-0.4, -0.2) is 51.5 Å². The summed E-state index contributed by atoms with van der Waals surface area (Å²) in [6.45, 7) is 0.754. The fourth-order valence-electron chi connectivity index (χ4n) is 2.60. The van der Waals surface area contributed by atoms with Crippen LogP contribution in [0.4, 0.5) is 0 Å². The summed E-state index contributed by atoms with van der Waals surface area (Å²) in [7, 11) is -4.66. The Balaban J connectivity index is 3.66. The largest absolute Gasteiger partial charge is 0.469 e. The predicted molar refractivity (Wildman–Crippen MR) is 117 cm³/mol.